The van der Waals surface area contributed by atoms with Crippen LogP contribution in [0.1, 0.15) is 26.2 Å². The minimum absolute atomic E-state index is 0.219. The Balaban J connectivity index is 2.26. The summed E-state index contributed by atoms with van der Waals surface area (Å²) >= 11 is 0. The van der Waals surface area contributed by atoms with E-state index in [0.717, 1.165) is 45.7 Å². The maximum absolute atomic E-state index is 11.6. The van der Waals surface area contributed by atoms with Gasteiger partial charge in [-0.1, -0.05) is 6.92 Å². The van der Waals surface area contributed by atoms with Gasteiger partial charge in [0.1, 0.15) is 0 Å². The lowest BCUT2D eigenvalue weighted by Crippen LogP contribution is -2.51. The molecule has 1 aliphatic rings. The van der Waals surface area contributed by atoms with Crippen LogP contribution in [0.3, 0.4) is 0 Å². The van der Waals surface area contributed by atoms with Crippen molar-refractivity contribution in [1.82, 2.24) is 14.7 Å². The molecule has 0 spiro atoms. The molecule has 19 heavy (non-hydrogen) atoms. The smallest absolute Gasteiger partial charge is 0.223 e. The highest BCUT2D eigenvalue weighted by molar-refractivity contribution is 5.75. The molecule has 1 aliphatic heterocycles. The van der Waals surface area contributed by atoms with Crippen molar-refractivity contribution in [2.75, 3.05) is 53.4 Å². The van der Waals surface area contributed by atoms with E-state index in [2.05, 4.69) is 16.7 Å². The highest BCUT2D eigenvalue weighted by Gasteiger charge is 2.22. The van der Waals surface area contributed by atoms with Crippen LogP contribution in [0, 0.1) is 0 Å². The van der Waals surface area contributed by atoms with Gasteiger partial charge in [-0.2, -0.15) is 0 Å². The second-order valence-corrected chi connectivity index (χ2v) is 5.56. The predicted molar refractivity (Wildman–Crippen MR) is 79.1 cm³/mol. The van der Waals surface area contributed by atoms with Gasteiger partial charge in [-0.25, -0.2) is 0 Å². The van der Waals surface area contributed by atoms with E-state index >= 15 is 0 Å². The van der Waals surface area contributed by atoms with E-state index in [1.807, 2.05) is 14.1 Å². The first-order valence-corrected chi connectivity index (χ1v) is 7.45. The average molecular weight is 270 g/mol. The highest BCUT2D eigenvalue weighted by Crippen LogP contribution is 2.12. The van der Waals surface area contributed by atoms with Gasteiger partial charge in [-0.05, 0) is 19.4 Å². The van der Waals surface area contributed by atoms with Gasteiger partial charge < -0.3 is 15.5 Å². The van der Waals surface area contributed by atoms with E-state index in [0.29, 0.717) is 12.5 Å². The van der Waals surface area contributed by atoms with Crippen LogP contribution < -0.4 is 5.73 Å². The van der Waals surface area contributed by atoms with Gasteiger partial charge in [-0.15, -0.1) is 0 Å². The molecular weight excluding hydrogens is 240 g/mol. The van der Waals surface area contributed by atoms with E-state index in [1.54, 1.807) is 4.90 Å². The zero-order chi connectivity index (χ0) is 14.3. The summed E-state index contributed by atoms with van der Waals surface area (Å²) < 4.78 is 0. The van der Waals surface area contributed by atoms with Crippen LogP contribution in [0.15, 0.2) is 0 Å². The summed E-state index contributed by atoms with van der Waals surface area (Å²) in [5.41, 5.74) is 5.67. The van der Waals surface area contributed by atoms with Crippen LogP contribution in [0.4, 0.5) is 0 Å². The van der Waals surface area contributed by atoms with Crippen LogP contribution in [0.25, 0.3) is 0 Å². The third-order valence-corrected chi connectivity index (χ3v) is 4.04. The standard InChI is InChI=1S/C14H30N4O/c1-4-13(5-7-15)18-11-9-17(10-12-18)8-6-14(19)16(2)3/h13H,4-12,15H2,1-3H3. The molecule has 0 saturated carbocycles. The van der Waals surface area contributed by atoms with Crippen molar-refractivity contribution in [2.24, 2.45) is 5.73 Å². The molecule has 1 saturated heterocycles. The molecule has 0 radical (unpaired) electrons. The van der Waals surface area contributed by atoms with Gasteiger partial charge in [0, 0.05) is 59.3 Å². The Hall–Kier alpha value is -0.650. The molecule has 112 valence electrons. The molecule has 0 aliphatic carbocycles. The normalized spacial score (nSPS) is 19.4. The Morgan fingerprint density at radius 1 is 1.26 bits per heavy atom. The molecule has 5 heteroatoms. The van der Waals surface area contributed by atoms with Gasteiger partial charge in [0.15, 0.2) is 0 Å². The van der Waals surface area contributed by atoms with Gasteiger partial charge in [0.05, 0.1) is 0 Å². The first-order valence-electron chi connectivity index (χ1n) is 7.45. The van der Waals surface area contributed by atoms with Gasteiger partial charge in [0.2, 0.25) is 5.91 Å². The number of amides is 1. The van der Waals surface area contributed by atoms with Crippen LogP contribution in [0.2, 0.25) is 0 Å². The van der Waals surface area contributed by atoms with Gasteiger partial charge >= 0.3 is 0 Å². The van der Waals surface area contributed by atoms with E-state index in [4.69, 9.17) is 5.73 Å². The molecule has 1 amide bonds. The Morgan fingerprint density at radius 2 is 1.89 bits per heavy atom. The molecule has 0 aromatic rings. The molecule has 1 heterocycles. The van der Waals surface area contributed by atoms with E-state index in [1.165, 1.54) is 6.42 Å². The molecule has 5 nitrogen and oxygen atoms in total. The Labute approximate surface area is 117 Å². The lowest BCUT2D eigenvalue weighted by atomic mass is 10.1. The summed E-state index contributed by atoms with van der Waals surface area (Å²) in [4.78, 5) is 18.2. The third-order valence-electron chi connectivity index (χ3n) is 4.04. The van der Waals surface area contributed by atoms with Crippen LogP contribution >= 0.6 is 0 Å². The van der Waals surface area contributed by atoms with Crippen molar-refractivity contribution >= 4 is 5.91 Å². The minimum Gasteiger partial charge on any atom is -0.349 e. The molecular formula is C14H30N4O. The summed E-state index contributed by atoms with van der Waals surface area (Å²) in [7, 11) is 3.64. The summed E-state index contributed by atoms with van der Waals surface area (Å²) in [6, 6.07) is 0.635. The van der Waals surface area contributed by atoms with Crippen LogP contribution in [0.5, 0.6) is 0 Å². The van der Waals surface area contributed by atoms with E-state index < -0.39 is 0 Å². The topological polar surface area (TPSA) is 52.8 Å². The zero-order valence-corrected chi connectivity index (χ0v) is 12.8. The largest absolute Gasteiger partial charge is 0.349 e. The summed E-state index contributed by atoms with van der Waals surface area (Å²) in [6.07, 6.45) is 2.90. The van der Waals surface area contributed by atoms with Crippen molar-refractivity contribution in [2.45, 2.75) is 32.2 Å². The molecule has 0 aromatic heterocycles. The number of piperazine rings is 1. The van der Waals surface area contributed by atoms with Crippen molar-refractivity contribution < 1.29 is 4.79 Å². The summed E-state index contributed by atoms with van der Waals surface area (Å²) in [5.74, 6) is 0.219. The molecule has 0 bridgehead atoms. The Morgan fingerprint density at radius 3 is 2.37 bits per heavy atom. The summed E-state index contributed by atoms with van der Waals surface area (Å²) in [5, 5.41) is 0. The molecule has 1 atom stereocenters. The first kappa shape index (κ1) is 16.4. The Bertz CT molecular complexity index is 262. The minimum atomic E-state index is 0.219. The maximum Gasteiger partial charge on any atom is 0.223 e. The SMILES string of the molecule is CCC(CCN)N1CCN(CCC(=O)N(C)C)CC1. The fourth-order valence-electron chi connectivity index (χ4n) is 2.67. The van der Waals surface area contributed by atoms with Gasteiger partial charge in [0.25, 0.3) is 0 Å². The molecule has 2 N–H and O–H groups in total. The molecule has 0 aromatic carbocycles. The van der Waals surface area contributed by atoms with Crippen molar-refractivity contribution in [3.05, 3.63) is 0 Å². The van der Waals surface area contributed by atoms with Gasteiger partial charge in [-0.3, -0.25) is 9.69 Å². The van der Waals surface area contributed by atoms with Crippen LogP contribution in [-0.4, -0.2) is 80.0 Å². The number of carbonyl (C=O) groups is 1. The number of nitrogens with two attached hydrogens (primary N) is 1. The zero-order valence-electron chi connectivity index (χ0n) is 12.8. The number of nitrogens with zero attached hydrogens (tertiary/aromatic N) is 3. The highest BCUT2D eigenvalue weighted by atomic mass is 16.2. The monoisotopic (exact) mass is 270 g/mol. The lowest BCUT2D eigenvalue weighted by Gasteiger charge is -2.39. The molecule has 1 rings (SSSR count). The number of rotatable bonds is 7. The van der Waals surface area contributed by atoms with E-state index in [9.17, 15) is 4.79 Å². The number of hydrogen-bond acceptors (Lipinski definition) is 4. The van der Waals surface area contributed by atoms with Crippen molar-refractivity contribution in [3.63, 3.8) is 0 Å². The van der Waals surface area contributed by atoms with Crippen molar-refractivity contribution in [3.8, 4) is 0 Å². The lowest BCUT2D eigenvalue weighted by molar-refractivity contribution is -0.129. The predicted octanol–water partition coefficient (Wildman–Crippen LogP) is 0.210. The average Bonchev–Trinajstić information content (AvgIpc) is 2.42. The second kappa shape index (κ2) is 8.51. The fraction of sp³-hybridized carbons (Fsp3) is 0.929. The fourth-order valence-corrected chi connectivity index (χ4v) is 2.67. The van der Waals surface area contributed by atoms with E-state index in [-0.39, 0.29) is 5.91 Å². The molecule has 1 unspecified atom stereocenters. The maximum atomic E-state index is 11.6. The summed E-state index contributed by atoms with van der Waals surface area (Å²) in [6.45, 7) is 8.25. The number of hydrogen-bond donors (Lipinski definition) is 1. The number of carbonyl (C=O) groups excluding carboxylic acids is 1. The van der Waals surface area contributed by atoms with Crippen molar-refractivity contribution in [1.29, 1.82) is 0 Å². The quantitative estimate of drug-likeness (QED) is 0.718. The van der Waals surface area contributed by atoms with Crippen LogP contribution in [-0.2, 0) is 4.79 Å². The second-order valence-electron chi connectivity index (χ2n) is 5.56. The third kappa shape index (κ3) is 5.47. The Kier molecular flexibility index (Phi) is 7.34. The molecule has 1 fully saturated rings. The first-order chi connectivity index (χ1) is 9.08.